The van der Waals surface area contributed by atoms with Gasteiger partial charge in [0, 0.05) is 25.6 Å². The molecule has 1 aromatic heterocycles. The fraction of sp³-hybridized carbons (Fsp3) is 0.643. The normalized spacial score (nSPS) is 10.7. The number of rotatable bonds is 8. The second-order valence-electron chi connectivity index (χ2n) is 5.28. The number of anilines is 1. The summed E-state index contributed by atoms with van der Waals surface area (Å²) in [5.74, 6) is 1.69. The van der Waals surface area contributed by atoms with Gasteiger partial charge >= 0.3 is 0 Å². The fourth-order valence-corrected chi connectivity index (χ4v) is 1.45. The Morgan fingerprint density at radius 2 is 2.05 bits per heavy atom. The summed E-state index contributed by atoms with van der Waals surface area (Å²) in [6.45, 7) is 9.24. The van der Waals surface area contributed by atoms with Gasteiger partial charge in [0.15, 0.2) is 0 Å². The number of ether oxygens (including phenoxy) is 1. The molecular weight excluding hydrogens is 256 g/mol. The van der Waals surface area contributed by atoms with Gasteiger partial charge in [-0.3, -0.25) is 4.79 Å². The molecule has 2 N–H and O–H groups in total. The maximum absolute atomic E-state index is 11.5. The Kier molecular flexibility index (Phi) is 6.76. The van der Waals surface area contributed by atoms with Crippen LogP contribution in [0.25, 0.3) is 0 Å². The summed E-state index contributed by atoms with van der Waals surface area (Å²) in [5.41, 5.74) is 0. The van der Waals surface area contributed by atoms with Crippen molar-refractivity contribution in [2.45, 2.75) is 40.2 Å². The zero-order chi connectivity index (χ0) is 15.0. The average Bonchev–Trinajstić information content (AvgIpc) is 2.36. The van der Waals surface area contributed by atoms with Crippen molar-refractivity contribution in [2.24, 2.45) is 5.92 Å². The lowest BCUT2D eigenvalue weighted by Gasteiger charge is -2.10. The molecule has 0 fully saturated rings. The van der Waals surface area contributed by atoms with Crippen molar-refractivity contribution in [3.63, 3.8) is 0 Å². The summed E-state index contributed by atoms with van der Waals surface area (Å²) in [6.07, 6.45) is 1.93. The van der Waals surface area contributed by atoms with Gasteiger partial charge in [-0.2, -0.15) is 0 Å². The van der Waals surface area contributed by atoms with Crippen molar-refractivity contribution in [3.8, 4) is 5.88 Å². The van der Waals surface area contributed by atoms with Crippen LogP contribution < -0.4 is 15.4 Å². The number of hydrogen-bond acceptors (Lipinski definition) is 5. The second kappa shape index (κ2) is 8.35. The van der Waals surface area contributed by atoms with Crippen molar-refractivity contribution >= 4 is 11.7 Å². The molecule has 1 aromatic rings. The Bertz CT molecular complexity index is 421. The zero-order valence-electron chi connectivity index (χ0n) is 12.6. The minimum atomic E-state index is 0.0407. The first-order valence-electron chi connectivity index (χ1n) is 6.96. The third kappa shape index (κ3) is 6.92. The van der Waals surface area contributed by atoms with Crippen LogP contribution in [0, 0.1) is 5.92 Å². The van der Waals surface area contributed by atoms with Gasteiger partial charge in [0.25, 0.3) is 0 Å². The van der Waals surface area contributed by atoms with Gasteiger partial charge < -0.3 is 15.4 Å². The SMILES string of the molecule is CC(C)CNC(=O)CCNc1cc(OC(C)C)ncn1. The molecule has 0 saturated heterocycles. The van der Waals surface area contributed by atoms with E-state index in [1.54, 1.807) is 6.07 Å². The lowest BCUT2D eigenvalue weighted by molar-refractivity contribution is -0.120. The van der Waals surface area contributed by atoms with Gasteiger partial charge in [0.05, 0.1) is 6.10 Å². The van der Waals surface area contributed by atoms with E-state index in [2.05, 4.69) is 34.4 Å². The first kappa shape index (κ1) is 16.2. The Hall–Kier alpha value is -1.85. The molecule has 0 saturated carbocycles. The molecule has 1 rings (SSSR count). The lowest BCUT2D eigenvalue weighted by Crippen LogP contribution is -2.28. The summed E-state index contributed by atoms with van der Waals surface area (Å²) in [7, 11) is 0. The van der Waals surface area contributed by atoms with Gasteiger partial charge in [-0.05, 0) is 19.8 Å². The van der Waals surface area contributed by atoms with Gasteiger partial charge in [0.2, 0.25) is 11.8 Å². The third-order valence-corrected chi connectivity index (χ3v) is 2.36. The van der Waals surface area contributed by atoms with E-state index in [-0.39, 0.29) is 12.0 Å². The quantitative estimate of drug-likeness (QED) is 0.760. The summed E-state index contributed by atoms with van der Waals surface area (Å²) in [5, 5.41) is 5.95. The van der Waals surface area contributed by atoms with E-state index in [9.17, 15) is 4.79 Å². The number of amides is 1. The summed E-state index contributed by atoms with van der Waals surface area (Å²) in [4.78, 5) is 19.6. The van der Waals surface area contributed by atoms with Gasteiger partial charge in [-0.25, -0.2) is 9.97 Å². The monoisotopic (exact) mass is 280 g/mol. The fourth-order valence-electron chi connectivity index (χ4n) is 1.45. The second-order valence-corrected chi connectivity index (χ2v) is 5.28. The van der Waals surface area contributed by atoms with Crippen LogP contribution in [-0.2, 0) is 4.79 Å². The highest BCUT2D eigenvalue weighted by Gasteiger charge is 2.04. The van der Waals surface area contributed by atoms with E-state index < -0.39 is 0 Å². The Balaban J connectivity index is 2.33. The smallest absolute Gasteiger partial charge is 0.221 e. The molecule has 0 aromatic carbocycles. The highest BCUT2D eigenvalue weighted by Crippen LogP contribution is 2.12. The summed E-state index contributed by atoms with van der Waals surface area (Å²) in [6, 6.07) is 1.73. The zero-order valence-corrected chi connectivity index (χ0v) is 12.6. The first-order valence-corrected chi connectivity index (χ1v) is 6.96. The van der Waals surface area contributed by atoms with E-state index in [4.69, 9.17) is 4.74 Å². The third-order valence-electron chi connectivity index (χ3n) is 2.36. The van der Waals surface area contributed by atoms with Crippen molar-refractivity contribution in [2.75, 3.05) is 18.4 Å². The van der Waals surface area contributed by atoms with Crippen LogP contribution in [0.3, 0.4) is 0 Å². The standard InChI is InChI=1S/C14H24N4O2/c1-10(2)8-16-13(19)5-6-15-12-7-14(18-9-17-12)20-11(3)4/h7,9-11H,5-6,8H2,1-4H3,(H,16,19)(H,15,17,18). The molecule has 0 aliphatic rings. The van der Waals surface area contributed by atoms with E-state index in [0.717, 1.165) is 0 Å². The van der Waals surface area contributed by atoms with Crippen LogP contribution in [0.1, 0.15) is 34.1 Å². The molecule has 1 heterocycles. The van der Waals surface area contributed by atoms with Crippen LogP contribution in [0.15, 0.2) is 12.4 Å². The molecule has 1 amide bonds. The lowest BCUT2D eigenvalue weighted by atomic mass is 10.2. The minimum Gasteiger partial charge on any atom is -0.475 e. The minimum absolute atomic E-state index is 0.0407. The number of nitrogens with zero attached hydrogens (tertiary/aromatic N) is 2. The maximum atomic E-state index is 11.5. The van der Waals surface area contributed by atoms with Crippen LogP contribution in [0.5, 0.6) is 5.88 Å². The largest absolute Gasteiger partial charge is 0.475 e. The average molecular weight is 280 g/mol. The molecule has 0 aliphatic carbocycles. The van der Waals surface area contributed by atoms with Gasteiger partial charge in [-0.1, -0.05) is 13.8 Å². The van der Waals surface area contributed by atoms with Crippen molar-refractivity contribution in [3.05, 3.63) is 12.4 Å². The van der Waals surface area contributed by atoms with E-state index in [1.807, 2.05) is 13.8 Å². The van der Waals surface area contributed by atoms with Crippen LogP contribution in [0.2, 0.25) is 0 Å². The molecule has 0 radical (unpaired) electrons. The predicted molar refractivity (Wildman–Crippen MR) is 78.8 cm³/mol. The number of aromatic nitrogens is 2. The Morgan fingerprint density at radius 1 is 1.30 bits per heavy atom. The summed E-state index contributed by atoms with van der Waals surface area (Å²) >= 11 is 0. The van der Waals surface area contributed by atoms with E-state index >= 15 is 0 Å². The predicted octanol–water partition coefficient (Wildman–Crippen LogP) is 1.84. The molecule has 0 atom stereocenters. The highest BCUT2D eigenvalue weighted by atomic mass is 16.5. The molecule has 0 aliphatic heterocycles. The van der Waals surface area contributed by atoms with E-state index in [0.29, 0.717) is 37.1 Å². The topological polar surface area (TPSA) is 76.1 Å². The van der Waals surface area contributed by atoms with Crippen molar-refractivity contribution in [1.29, 1.82) is 0 Å². The molecule has 20 heavy (non-hydrogen) atoms. The van der Waals surface area contributed by atoms with E-state index in [1.165, 1.54) is 6.33 Å². The van der Waals surface area contributed by atoms with Gasteiger partial charge in [0.1, 0.15) is 12.1 Å². The number of hydrogen-bond donors (Lipinski definition) is 2. The number of carbonyl (C=O) groups excluding carboxylic acids is 1. The molecule has 0 spiro atoms. The number of carbonyl (C=O) groups is 1. The molecule has 6 heteroatoms. The van der Waals surface area contributed by atoms with Crippen LogP contribution in [0.4, 0.5) is 5.82 Å². The summed E-state index contributed by atoms with van der Waals surface area (Å²) < 4.78 is 5.48. The van der Waals surface area contributed by atoms with Gasteiger partial charge in [-0.15, -0.1) is 0 Å². The van der Waals surface area contributed by atoms with Crippen LogP contribution in [-0.4, -0.2) is 35.1 Å². The van der Waals surface area contributed by atoms with Crippen LogP contribution >= 0.6 is 0 Å². The molecular formula is C14H24N4O2. The molecule has 0 unspecified atom stereocenters. The molecule has 0 bridgehead atoms. The highest BCUT2D eigenvalue weighted by molar-refractivity contribution is 5.76. The van der Waals surface area contributed by atoms with Crippen molar-refractivity contribution < 1.29 is 9.53 Å². The Labute approximate surface area is 120 Å². The van der Waals surface area contributed by atoms with Crippen molar-refractivity contribution in [1.82, 2.24) is 15.3 Å². The number of nitrogens with one attached hydrogen (secondary N) is 2. The molecule has 6 nitrogen and oxygen atoms in total. The molecule has 112 valence electrons. The first-order chi connectivity index (χ1) is 9.47. The Morgan fingerprint density at radius 3 is 2.70 bits per heavy atom. The maximum Gasteiger partial charge on any atom is 0.221 e.